The van der Waals surface area contributed by atoms with Crippen molar-refractivity contribution in [2.75, 3.05) is 12.4 Å². The maximum atomic E-state index is 11.9. The van der Waals surface area contributed by atoms with Gasteiger partial charge in [-0.3, -0.25) is 4.79 Å². The van der Waals surface area contributed by atoms with Crippen LogP contribution in [0.5, 0.6) is 5.75 Å². The van der Waals surface area contributed by atoms with Crippen LogP contribution in [-0.4, -0.2) is 13.0 Å². The smallest absolute Gasteiger partial charge is 0.265 e. The van der Waals surface area contributed by atoms with E-state index in [4.69, 9.17) is 4.74 Å². The van der Waals surface area contributed by atoms with E-state index in [9.17, 15) is 4.79 Å². The minimum absolute atomic E-state index is 0.112. The lowest BCUT2D eigenvalue weighted by molar-refractivity contribution is 0.103. The number of amides is 1. The quantitative estimate of drug-likeness (QED) is 0.851. The third kappa shape index (κ3) is 3.19. The molecule has 0 saturated heterocycles. The van der Waals surface area contributed by atoms with Gasteiger partial charge >= 0.3 is 0 Å². The first-order chi connectivity index (χ1) is 8.19. The number of thiophene rings is 1. The highest BCUT2D eigenvalue weighted by atomic mass is 127. The predicted molar refractivity (Wildman–Crippen MR) is 78.0 cm³/mol. The molecule has 1 N–H and O–H groups in total. The lowest BCUT2D eigenvalue weighted by atomic mass is 10.3. The van der Waals surface area contributed by atoms with Gasteiger partial charge in [-0.1, -0.05) is 0 Å². The molecular formula is C12H10INO2S. The summed E-state index contributed by atoms with van der Waals surface area (Å²) in [6, 6.07) is 9.39. The van der Waals surface area contributed by atoms with E-state index in [0.29, 0.717) is 10.6 Å². The van der Waals surface area contributed by atoms with Gasteiger partial charge in [-0.2, -0.15) is 0 Å². The van der Waals surface area contributed by atoms with E-state index in [0.717, 1.165) is 9.26 Å². The molecule has 2 rings (SSSR count). The van der Waals surface area contributed by atoms with Gasteiger partial charge in [-0.05, 0) is 46.9 Å². The fraction of sp³-hybridized carbons (Fsp3) is 0.0833. The van der Waals surface area contributed by atoms with Gasteiger partial charge in [0.1, 0.15) is 5.75 Å². The van der Waals surface area contributed by atoms with Crippen LogP contribution in [0.4, 0.5) is 5.69 Å². The molecule has 0 bridgehead atoms. The summed E-state index contributed by atoms with van der Waals surface area (Å²) in [6.07, 6.45) is 0. The van der Waals surface area contributed by atoms with Crippen LogP contribution in [0.1, 0.15) is 9.67 Å². The van der Waals surface area contributed by atoms with Crippen LogP contribution >= 0.6 is 33.9 Å². The number of ether oxygens (including phenoxy) is 1. The van der Waals surface area contributed by atoms with Gasteiger partial charge in [-0.25, -0.2) is 0 Å². The van der Waals surface area contributed by atoms with Crippen molar-refractivity contribution in [2.45, 2.75) is 0 Å². The van der Waals surface area contributed by atoms with Gasteiger partial charge in [0.05, 0.1) is 12.0 Å². The normalized spacial score (nSPS) is 10.0. The molecule has 1 aromatic heterocycles. The average molecular weight is 359 g/mol. The van der Waals surface area contributed by atoms with Crippen LogP contribution < -0.4 is 10.1 Å². The molecule has 0 aliphatic heterocycles. The first kappa shape index (κ1) is 12.4. The number of rotatable bonds is 3. The Labute approximate surface area is 117 Å². The maximum absolute atomic E-state index is 11.9. The number of carbonyl (C=O) groups is 1. The number of nitrogens with one attached hydrogen (secondary N) is 1. The van der Waals surface area contributed by atoms with E-state index in [1.807, 2.05) is 29.6 Å². The molecule has 3 nitrogen and oxygen atoms in total. The number of methoxy groups -OCH3 is 1. The van der Waals surface area contributed by atoms with Crippen molar-refractivity contribution in [3.05, 3.63) is 44.2 Å². The van der Waals surface area contributed by atoms with E-state index < -0.39 is 0 Å². The summed E-state index contributed by atoms with van der Waals surface area (Å²) in [6.45, 7) is 0. The van der Waals surface area contributed by atoms with E-state index in [2.05, 4.69) is 27.9 Å². The third-order valence-corrected chi connectivity index (χ3v) is 3.76. The van der Waals surface area contributed by atoms with Crippen LogP contribution in [0.25, 0.3) is 0 Å². The lowest BCUT2D eigenvalue weighted by Gasteiger charge is -2.02. The summed E-state index contributed by atoms with van der Waals surface area (Å²) < 4.78 is 6.18. The number of hydrogen-bond acceptors (Lipinski definition) is 3. The summed E-state index contributed by atoms with van der Waals surface area (Å²) in [7, 11) is 1.59. The Kier molecular flexibility index (Phi) is 4.01. The first-order valence-electron chi connectivity index (χ1n) is 4.88. The van der Waals surface area contributed by atoms with Crippen molar-refractivity contribution < 1.29 is 9.53 Å². The van der Waals surface area contributed by atoms with Crippen molar-refractivity contribution in [1.82, 2.24) is 0 Å². The highest BCUT2D eigenvalue weighted by Crippen LogP contribution is 2.22. The molecule has 0 fully saturated rings. The molecule has 0 atom stereocenters. The number of hydrogen-bond donors (Lipinski definition) is 1. The molecule has 17 heavy (non-hydrogen) atoms. The Morgan fingerprint density at radius 1 is 1.35 bits per heavy atom. The molecule has 5 heteroatoms. The van der Waals surface area contributed by atoms with Crippen molar-refractivity contribution in [3.63, 3.8) is 0 Å². The Bertz CT molecular complexity index is 522. The topological polar surface area (TPSA) is 38.3 Å². The minimum Gasteiger partial charge on any atom is -0.496 e. The van der Waals surface area contributed by atoms with Crippen LogP contribution in [0.15, 0.2) is 35.7 Å². The Hall–Kier alpha value is -1.08. The zero-order chi connectivity index (χ0) is 12.3. The summed E-state index contributed by atoms with van der Waals surface area (Å²) in [5.74, 6) is 0.599. The third-order valence-electron chi connectivity index (χ3n) is 2.14. The number of benzene rings is 1. The highest BCUT2D eigenvalue weighted by molar-refractivity contribution is 14.1. The molecule has 0 radical (unpaired) electrons. The van der Waals surface area contributed by atoms with Gasteiger partial charge in [0.2, 0.25) is 0 Å². The van der Waals surface area contributed by atoms with Crippen LogP contribution in [0.3, 0.4) is 0 Å². The molecule has 0 spiro atoms. The SMILES string of the molecule is COc1csc(C(=O)Nc2ccc(I)cc2)c1. The Balaban J connectivity index is 2.08. The van der Waals surface area contributed by atoms with Crippen molar-refractivity contribution in [3.8, 4) is 5.75 Å². The number of halogens is 1. The molecule has 88 valence electrons. The van der Waals surface area contributed by atoms with Gasteiger partial charge in [0.25, 0.3) is 5.91 Å². The molecule has 0 unspecified atom stereocenters. The minimum atomic E-state index is -0.112. The number of carbonyl (C=O) groups excluding carboxylic acids is 1. The predicted octanol–water partition coefficient (Wildman–Crippen LogP) is 3.61. The van der Waals surface area contributed by atoms with Crippen LogP contribution in [-0.2, 0) is 0 Å². The summed E-state index contributed by atoms with van der Waals surface area (Å²) >= 11 is 3.59. The molecule has 0 saturated carbocycles. The van der Waals surface area contributed by atoms with Gasteiger partial charge in [0.15, 0.2) is 0 Å². The second kappa shape index (κ2) is 5.50. The van der Waals surface area contributed by atoms with E-state index >= 15 is 0 Å². The lowest BCUT2D eigenvalue weighted by Crippen LogP contribution is -2.09. The van der Waals surface area contributed by atoms with E-state index in [1.165, 1.54) is 11.3 Å². The van der Waals surface area contributed by atoms with Crippen molar-refractivity contribution in [1.29, 1.82) is 0 Å². The van der Waals surface area contributed by atoms with Gasteiger partial charge in [-0.15, -0.1) is 11.3 Å². The second-order valence-corrected chi connectivity index (χ2v) is 5.47. The molecule has 1 amide bonds. The largest absolute Gasteiger partial charge is 0.496 e. The Morgan fingerprint density at radius 3 is 2.65 bits per heavy atom. The fourth-order valence-electron chi connectivity index (χ4n) is 1.27. The molecule has 0 aliphatic rings. The van der Waals surface area contributed by atoms with Crippen LogP contribution in [0, 0.1) is 3.57 Å². The molecular weight excluding hydrogens is 349 g/mol. The summed E-state index contributed by atoms with van der Waals surface area (Å²) in [5.41, 5.74) is 0.794. The zero-order valence-corrected chi connectivity index (χ0v) is 12.0. The highest BCUT2D eigenvalue weighted by Gasteiger charge is 2.09. The zero-order valence-electron chi connectivity index (χ0n) is 9.07. The molecule has 0 aliphatic carbocycles. The van der Waals surface area contributed by atoms with Crippen molar-refractivity contribution >= 4 is 45.5 Å². The second-order valence-electron chi connectivity index (χ2n) is 3.31. The van der Waals surface area contributed by atoms with Gasteiger partial charge < -0.3 is 10.1 Å². The first-order valence-corrected chi connectivity index (χ1v) is 6.84. The standard InChI is InChI=1S/C12H10INO2S/c1-16-10-6-11(17-7-10)12(15)14-9-4-2-8(13)3-5-9/h2-7H,1H3,(H,14,15). The van der Waals surface area contributed by atoms with E-state index in [1.54, 1.807) is 13.2 Å². The maximum Gasteiger partial charge on any atom is 0.265 e. The number of anilines is 1. The molecule has 1 heterocycles. The molecule has 2 aromatic rings. The van der Waals surface area contributed by atoms with Crippen molar-refractivity contribution in [2.24, 2.45) is 0 Å². The summed E-state index contributed by atoms with van der Waals surface area (Å²) in [5, 5.41) is 4.64. The van der Waals surface area contributed by atoms with Gasteiger partial charge in [0, 0.05) is 20.7 Å². The van der Waals surface area contributed by atoms with Crippen LogP contribution in [0.2, 0.25) is 0 Å². The molecule has 1 aromatic carbocycles. The monoisotopic (exact) mass is 359 g/mol. The fourth-order valence-corrected chi connectivity index (χ4v) is 2.38. The average Bonchev–Trinajstić information content (AvgIpc) is 2.81. The Morgan fingerprint density at radius 2 is 2.06 bits per heavy atom. The summed E-state index contributed by atoms with van der Waals surface area (Å²) in [4.78, 5) is 12.5. The van der Waals surface area contributed by atoms with E-state index in [-0.39, 0.29) is 5.91 Å².